The second-order valence-electron chi connectivity index (χ2n) is 4.19. The van der Waals surface area contributed by atoms with E-state index in [0.717, 1.165) is 0 Å². The van der Waals surface area contributed by atoms with E-state index in [0.29, 0.717) is 5.56 Å². The number of anilines is 1. The summed E-state index contributed by atoms with van der Waals surface area (Å²) < 4.78 is 42.9. The lowest BCUT2D eigenvalue weighted by atomic mass is 10.2. The maximum absolute atomic E-state index is 12.7. The standard InChI is InChI=1S/C13H9F3N2O4S/c14-13(15,16)9-8(10(19)20)17-11(23-9)18-12(21)22-6-7-4-2-1-3-5-7/h1-5H,6H2,(H,19,20)(H,17,18,21). The zero-order chi connectivity index (χ0) is 17.0. The number of alkyl halides is 3. The first-order chi connectivity index (χ1) is 10.8. The van der Waals surface area contributed by atoms with Crippen LogP contribution < -0.4 is 5.32 Å². The van der Waals surface area contributed by atoms with Gasteiger partial charge in [0.05, 0.1) is 0 Å². The van der Waals surface area contributed by atoms with Crippen molar-refractivity contribution in [2.24, 2.45) is 0 Å². The number of carboxylic acids is 1. The number of carbonyl (C=O) groups excluding carboxylic acids is 1. The topological polar surface area (TPSA) is 88.5 Å². The van der Waals surface area contributed by atoms with Crippen LogP contribution in [0.3, 0.4) is 0 Å². The predicted octanol–water partition coefficient (Wildman–Crippen LogP) is 3.61. The predicted molar refractivity (Wildman–Crippen MR) is 74.3 cm³/mol. The highest BCUT2D eigenvalue weighted by Gasteiger charge is 2.39. The van der Waals surface area contributed by atoms with E-state index < -0.39 is 33.9 Å². The molecule has 2 rings (SSSR count). The molecular formula is C13H9F3N2O4S. The molecule has 0 aliphatic rings. The van der Waals surface area contributed by atoms with Crippen LogP contribution in [-0.2, 0) is 17.5 Å². The fourth-order valence-electron chi connectivity index (χ4n) is 1.56. The van der Waals surface area contributed by atoms with E-state index in [2.05, 4.69) is 4.98 Å². The number of aromatic carboxylic acids is 1. The van der Waals surface area contributed by atoms with Gasteiger partial charge in [0.1, 0.15) is 11.5 Å². The van der Waals surface area contributed by atoms with Gasteiger partial charge in [0.2, 0.25) is 0 Å². The Bertz CT molecular complexity index is 716. The number of carbonyl (C=O) groups is 2. The number of rotatable bonds is 4. The lowest BCUT2D eigenvalue weighted by Crippen LogP contribution is -2.13. The van der Waals surface area contributed by atoms with Gasteiger partial charge in [0, 0.05) is 0 Å². The molecule has 0 unspecified atom stereocenters. The van der Waals surface area contributed by atoms with Crippen LogP contribution >= 0.6 is 11.3 Å². The largest absolute Gasteiger partial charge is 0.476 e. The molecule has 1 aromatic carbocycles. The van der Waals surface area contributed by atoms with Crippen molar-refractivity contribution in [2.75, 3.05) is 5.32 Å². The quantitative estimate of drug-likeness (QED) is 0.883. The summed E-state index contributed by atoms with van der Waals surface area (Å²) in [5.41, 5.74) is -0.482. The van der Waals surface area contributed by atoms with Gasteiger partial charge in [-0.1, -0.05) is 41.7 Å². The molecule has 2 N–H and O–H groups in total. The van der Waals surface area contributed by atoms with Crippen molar-refractivity contribution in [3.05, 3.63) is 46.5 Å². The van der Waals surface area contributed by atoms with E-state index in [1.165, 1.54) is 0 Å². The lowest BCUT2D eigenvalue weighted by molar-refractivity contribution is -0.135. The van der Waals surface area contributed by atoms with Crippen LogP contribution in [0.4, 0.5) is 23.1 Å². The minimum atomic E-state index is -4.88. The zero-order valence-electron chi connectivity index (χ0n) is 11.3. The third kappa shape index (κ3) is 4.42. The summed E-state index contributed by atoms with van der Waals surface area (Å²) in [6.07, 6.45) is -5.91. The van der Waals surface area contributed by atoms with E-state index in [4.69, 9.17) is 9.84 Å². The maximum Gasteiger partial charge on any atom is 0.428 e. The Morgan fingerprint density at radius 3 is 2.43 bits per heavy atom. The van der Waals surface area contributed by atoms with Crippen LogP contribution in [0.5, 0.6) is 0 Å². The van der Waals surface area contributed by atoms with Gasteiger partial charge in [-0.3, -0.25) is 5.32 Å². The van der Waals surface area contributed by atoms with Gasteiger partial charge in [-0.25, -0.2) is 14.6 Å². The second kappa shape index (κ2) is 6.65. The fourth-order valence-corrected chi connectivity index (χ4v) is 2.37. The number of amides is 1. The first-order valence-corrected chi connectivity index (χ1v) is 6.88. The van der Waals surface area contributed by atoms with Crippen molar-refractivity contribution in [1.29, 1.82) is 0 Å². The number of nitrogens with one attached hydrogen (secondary N) is 1. The molecule has 0 saturated heterocycles. The highest BCUT2D eigenvalue weighted by molar-refractivity contribution is 7.16. The summed E-state index contributed by atoms with van der Waals surface area (Å²) in [6.45, 7) is -0.0873. The van der Waals surface area contributed by atoms with Gasteiger partial charge in [0.25, 0.3) is 0 Å². The van der Waals surface area contributed by atoms with Gasteiger partial charge >= 0.3 is 18.2 Å². The number of hydrogen-bond donors (Lipinski definition) is 2. The van der Waals surface area contributed by atoms with E-state index in [-0.39, 0.29) is 17.9 Å². The number of halogens is 3. The molecule has 1 aromatic heterocycles. The molecule has 0 spiro atoms. The van der Waals surface area contributed by atoms with Gasteiger partial charge in [-0.05, 0) is 5.56 Å². The summed E-state index contributed by atoms with van der Waals surface area (Å²) in [7, 11) is 0. The molecule has 1 amide bonds. The van der Waals surface area contributed by atoms with Gasteiger partial charge < -0.3 is 9.84 Å². The molecule has 1 heterocycles. The number of carboxylic acid groups (broad SMARTS) is 1. The normalized spacial score (nSPS) is 11.1. The van der Waals surface area contributed by atoms with E-state index in [9.17, 15) is 22.8 Å². The second-order valence-corrected chi connectivity index (χ2v) is 5.19. The third-order valence-electron chi connectivity index (χ3n) is 2.51. The number of thiazole rings is 1. The Morgan fingerprint density at radius 2 is 1.91 bits per heavy atom. The molecule has 0 bridgehead atoms. The SMILES string of the molecule is O=C(Nc1nc(C(=O)O)c(C(F)(F)F)s1)OCc1ccccc1. The summed E-state index contributed by atoms with van der Waals surface area (Å²) in [5.74, 6) is -1.83. The van der Waals surface area contributed by atoms with Gasteiger partial charge in [-0.15, -0.1) is 0 Å². The summed E-state index contributed by atoms with van der Waals surface area (Å²) in [5, 5.41) is 10.2. The fraction of sp³-hybridized carbons (Fsp3) is 0.154. The molecule has 122 valence electrons. The Balaban J connectivity index is 2.05. The molecule has 6 nitrogen and oxygen atoms in total. The number of benzene rings is 1. The molecule has 0 atom stereocenters. The first kappa shape index (κ1) is 16.7. The Kier molecular flexibility index (Phi) is 4.84. The van der Waals surface area contributed by atoms with Crippen molar-refractivity contribution in [1.82, 2.24) is 4.98 Å². The Morgan fingerprint density at radius 1 is 1.26 bits per heavy atom. The van der Waals surface area contributed by atoms with Crippen LogP contribution in [0, 0.1) is 0 Å². The average Bonchev–Trinajstić information content (AvgIpc) is 2.90. The van der Waals surface area contributed by atoms with Crippen molar-refractivity contribution >= 4 is 28.5 Å². The van der Waals surface area contributed by atoms with Crippen molar-refractivity contribution in [3.63, 3.8) is 0 Å². The van der Waals surface area contributed by atoms with Crippen LogP contribution in [-0.4, -0.2) is 22.2 Å². The number of aromatic nitrogens is 1. The highest BCUT2D eigenvalue weighted by Crippen LogP contribution is 2.38. The molecule has 0 aliphatic carbocycles. The molecular weight excluding hydrogens is 337 g/mol. The number of hydrogen-bond acceptors (Lipinski definition) is 5. The Hall–Kier alpha value is -2.62. The Labute approximate surface area is 131 Å². The smallest absolute Gasteiger partial charge is 0.428 e. The summed E-state index contributed by atoms with van der Waals surface area (Å²) >= 11 is 0.0159. The van der Waals surface area contributed by atoms with Crippen LogP contribution in [0.15, 0.2) is 30.3 Å². The minimum absolute atomic E-state index is 0.0159. The van der Waals surface area contributed by atoms with Gasteiger partial charge in [-0.2, -0.15) is 13.2 Å². The van der Waals surface area contributed by atoms with Crippen LogP contribution in [0.1, 0.15) is 20.9 Å². The third-order valence-corrected chi connectivity index (χ3v) is 3.52. The van der Waals surface area contributed by atoms with Gasteiger partial charge in [0.15, 0.2) is 10.8 Å². The first-order valence-electron chi connectivity index (χ1n) is 6.06. The highest BCUT2D eigenvalue weighted by atomic mass is 32.1. The maximum atomic E-state index is 12.7. The van der Waals surface area contributed by atoms with Crippen LogP contribution in [0.25, 0.3) is 0 Å². The minimum Gasteiger partial charge on any atom is -0.476 e. The number of nitrogens with zero attached hydrogens (tertiary/aromatic N) is 1. The van der Waals surface area contributed by atoms with Crippen LogP contribution in [0.2, 0.25) is 0 Å². The molecule has 10 heteroatoms. The number of ether oxygens (including phenoxy) is 1. The molecule has 0 fully saturated rings. The van der Waals surface area contributed by atoms with E-state index in [1.807, 2.05) is 5.32 Å². The molecule has 23 heavy (non-hydrogen) atoms. The average molecular weight is 346 g/mol. The monoisotopic (exact) mass is 346 g/mol. The molecule has 0 aliphatic heterocycles. The summed E-state index contributed by atoms with van der Waals surface area (Å²) in [4.78, 5) is 24.2. The molecule has 2 aromatic rings. The summed E-state index contributed by atoms with van der Waals surface area (Å²) in [6, 6.07) is 8.62. The molecule has 0 saturated carbocycles. The van der Waals surface area contributed by atoms with Crippen molar-refractivity contribution < 1.29 is 32.6 Å². The zero-order valence-corrected chi connectivity index (χ0v) is 12.1. The van der Waals surface area contributed by atoms with E-state index in [1.54, 1.807) is 30.3 Å². The molecule has 0 radical (unpaired) electrons. The van der Waals surface area contributed by atoms with Crippen molar-refractivity contribution in [3.8, 4) is 0 Å². The van der Waals surface area contributed by atoms with Crippen molar-refractivity contribution in [2.45, 2.75) is 12.8 Å². The lowest BCUT2D eigenvalue weighted by Gasteiger charge is -2.04. The van der Waals surface area contributed by atoms with E-state index >= 15 is 0 Å².